The number of ether oxygens (including phenoxy) is 2. The minimum absolute atomic E-state index is 0.185. The molecule has 0 radical (unpaired) electrons. The largest absolute Gasteiger partial charge is 0.490 e. The summed E-state index contributed by atoms with van der Waals surface area (Å²) in [6, 6.07) is 24.5. The maximum absolute atomic E-state index is 6.54. The van der Waals surface area contributed by atoms with Gasteiger partial charge in [-0.2, -0.15) is 0 Å². The van der Waals surface area contributed by atoms with Gasteiger partial charge in [-0.25, -0.2) is 0 Å². The SMILES string of the molecule is CCNCCc1ccc(OC2CCC(OCc3ccc(C(C)(C)C)cc3)CC2)cc1-c1cccc(CC)c1. The monoisotopic (exact) mass is 513 g/mol. The summed E-state index contributed by atoms with van der Waals surface area (Å²) in [6.45, 7) is 13.8. The quantitative estimate of drug-likeness (QED) is 0.262. The molecule has 4 rings (SSSR count). The predicted molar refractivity (Wildman–Crippen MR) is 160 cm³/mol. The lowest BCUT2D eigenvalue weighted by molar-refractivity contribution is -0.00662. The highest BCUT2D eigenvalue weighted by atomic mass is 16.5. The van der Waals surface area contributed by atoms with E-state index in [1.54, 1.807) is 0 Å². The van der Waals surface area contributed by atoms with Crippen LogP contribution < -0.4 is 10.1 Å². The van der Waals surface area contributed by atoms with Gasteiger partial charge in [0.05, 0.1) is 18.8 Å². The highest BCUT2D eigenvalue weighted by Gasteiger charge is 2.23. The van der Waals surface area contributed by atoms with Gasteiger partial charge >= 0.3 is 0 Å². The topological polar surface area (TPSA) is 30.5 Å². The van der Waals surface area contributed by atoms with Gasteiger partial charge in [-0.05, 0) is 103 Å². The van der Waals surface area contributed by atoms with E-state index in [9.17, 15) is 0 Å². The van der Waals surface area contributed by atoms with Crippen molar-refractivity contribution in [3.63, 3.8) is 0 Å². The van der Waals surface area contributed by atoms with Gasteiger partial charge in [-0.3, -0.25) is 0 Å². The Bertz CT molecular complexity index is 1140. The fourth-order valence-electron chi connectivity index (χ4n) is 5.30. The molecule has 0 heterocycles. The summed E-state index contributed by atoms with van der Waals surface area (Å²) >= 11 is 0. The summed E-state index contributed by atoms with van der Waals surface area (Å²) in [4.78, 5) is 0. The van der Waals surface area contributed by atoms with Crippen molar-refractivity contribution in [3.8, 4) is 16.9 Å². The van der Waals surface area contributed by atoms with Crippen LogP contribution in [0.5, 0.6) is 5.75 Å². The van der Waals surface area contributed by atoms with Crippen molar-refractivity contribution in [2.75, 3.05) is 13.1 Å². The van der Waals surface area contributed by atoms with Crippen molar-refractivity contribution < 1.29 is 9.47 Å². The molecule has 3 aromatic rings. The lowest BCUT2D eigenvalue weighted by Gasteiger charge is -2.29. The van der Waals surface area contributed by atoms with Gasteiger partial charge in [-0.15, -0.1) is 0 Å². The Balaban J connectivity index is 1.34. The summed E-state index contributed by atoms with van der Waals surface area (Å²) in [5, 5.41) is 3.47. The van der Waals surface area contributed by atoms with E-state index in [2.05, 4.69) is 107 Å². The second-order valence-electron chi connectivity index (χ2n) is 11.8. The van der Waals surface area contributed by atoms with E-state index in [-0.39, 0.29) is 11.5 Å². The number of hydrogen-bond acceptors (Lipinski definition) is 3. The number of aryl methyl sites for hydroxylation is 1. The fourth-order valence-corrected chi connectivity index (χ4v) is 5.30. The third-order valence-electron chi connectivity index (χ3n) is 7.78. The second kappa shape index (κ2) is 13.4. The zero-order valence-electron chi connectivity index (χ0n) is 24.2. The zero-order valence-corrected chi connectivity index (χ0v) is 24.2. The molecule has 3 heteroatoms. The number of likely N-dealkylation sites (N-methyl/N-ethyl adjacent to an activating group) is 1. The molecule has 3 nitrogen and oxygen atoms in total. The van der Waals surface area contributed by atoms with Crippen LogP contribution in [-0.2, 0) is 29.6 Å². The van der Waals surface area contributed by atoms with Crippen LogP contribution >= 0.6 is 0 Å². The molecule has 1 N–H and O–H groups in total. The Morgan fingerprint density at radius 2 is 1.55 bits per heavy atom. The molecule has 1 aliphatic carbocycles. The first-order chi connectivity index (χ1) is 18.4. The minimum atomic E-state index is 0.185. The molecule has 0 spiro atoms. The summed E-state index contributed by atoms with van der Waals surface area (Å²) in [6.07, 6.45) is 6.81. The van der Waals surface area contributed by atoms with Crippen molar-refractivity contribution in [3.05, 3.63) is 89.0 Å². The maximum atomic E-state index is 6.54. The Hall–Kier alpha value is -2.62. The molecule has 0 amide bonds. The van der Waals surface area contributed by atoms with Crippen LogP contribution in [0.4, 0.5) is 0 Å². The van der Waals surface area contributed by atoms with Gasteiger partial charge in [0.1, 0.15) is 5.75 Å². The molecular weight excluding hydrogens is 466 g/mol. The third-order valence-corrected chi connectivity index (χ3v) is 7.78. The molecule has 0 aromatic heterocycles. The summed E-state index contributed by atoms with van der Waals surface area (Å²) in [7, 11) is 0. The number of rotatable bonds is 11. The van der Waals surface area contributed by atoms with Gasteiger partial charge in [0.15, 0.2) is 0 Å². The van der Waals surface area contributed by atoms with Crippen molar-refractivity contribution in [1.82, 2.24) is 5.32 Å². The molecule has 0 aliphatic heterocycles. The molecule has 0 bridgehead atoms. The molecule has 204 valence electrons. The summed E-state index contributed by atoms with van der Waals surface area (Å²) < 4.78 is 12.8. The second-order valence-corrected chi connectivity index (χ2v) is 11.8. The molecule has 1 saturated carbocycles. The molecular formula is C35H47NO2. The molecule has 1 fully saturated rings. The van der Waals surface area contributed by atoms with Gasteiger partial charge in [-0.1, -0.05) is 89.2 Å². The van der Waals surface area contributed by atoms with Crippen LogP contribution in [0.1, 0.15) is 82.6 Å². The minimum Gasteiger partial charge on any atom is -0.490 e. The predicted octanol–water partition coefficient (Wildman–Crippen LogP) is 8.27. The average molecular weight is 514 g/mol. The molecule has 0 unspecified atom stereocenters. The Morgan fingerprint density at radius 1 is 0.816 bits per heavy atom. The highest BCUT2D eigenvalue weighted by molar-refractivity contribution is 5.70. The Labute approximate surface area is 231 Å². The van der Waals surface area contributed by atoms with E-state index in [0.29, 0.717) is 12.7 Å². The lowest BCUT2D eigenvalue weighted by atomic mass is 9.87. The van der Waals surface area contributed by atoms with Gasteiger partial charge < -0.3 is 14.8 Å². The smallest absolute Gasteiger partial charge is 0.120 e. The first kappa shape index (κ1) is 28.4. The number of benzene rings is 3. The van der Waals surface area contributed by atoms with E-state index < -0.39 is 0 Å². The van der Waals surface area contributed by atoms with Crippen LogP contribution in [-0.4, -0.2) is 25.3 Å². The van der Waals surface area contributed by atoms with E-state index in [0.717, 1.165) is 57.4 Å². The van der Waals surface area contributed by atoms with Gasteiger partial charge in [0.2, 0.25) is 0 Å². The fraction of sp³-hybridized carbons (Fsp3) is 0.486. The molecule has 0 saturated heterocycles. The van der Waals surface area contributed by atoms with Crippen molar-refractivity contribution in [1.29, 1.82) is 0 Å². The average Bonchev–Trinajstić information content (AvgIpc) is 2.93. The Morgan fingerprint density at radius 3 is 2.24 bits per heavy atom. The molecule has 1 aliphatic rings. The molecule has 0 atom stereocenters. The highest BCUT2D eigenvalue weighted by Crippen LogP contribution is 2.32. The Kier molecular flexibility index (Phi) is 10.0. The summed E-state index contributed by atoms with van der Waals surface area (Å²) in [5.74, 6) is 0.984. The maximum Gasteiger partial charge on any atom is 0.120 e. The standard InChI is InChI=1S/C35H47NO2/c1-6-26-9-8-10-29(23-26)34-24-33(16-13-28(34)21-22-36-7-2)38-32-19-17-31(18-20-32)37-25-27-11-14-30(15-12-27)35(3,4)5/h8-16,23-24,31-32,36H,6-7,17-22,25H2,1-5H3. The first-order valence-electron chi connectivity index (χ1n) is 14.7. The van der Waals surface area contributed by atoms with Crippen molar-refractivity contribution in [2.45, 2.75) is 97.4 Å². The lowest BCUT2D eigenvalue weighted by Crippen LogP contribution is -2.28. The third kappa shape index (κ3) is 7.94. The van der Waals surface area contributed by atoms with E-state index in [1.165, 1.54) is 33.4 Å². The van der Waals surface area contributed by atoms with Gasteiger partial charge in [0.25, 0.3) is 0 Å². The van der Waals surface area contributed by atoms with E-state index >= 15 is 0 Å². The number of nitrogens with one attached hydrogen (secondary N) is 1. The first-order valence-corrected chi connectivity index (χ1v) is 14.7. The van der Waals surface area contributed by atoms with Crippen molar-refractivity contribution in [2.24, 2.45) is 0 Å². The van der Waals surface area contributed by atoms with E-state index in [4.69, 9.17) is 9.47 Å². The number of hydrogen-bond donors (Lipinski definition) is 1. The normalized spacial score (nSPS) is 17.9. The molecule has 3 aromatic carbocycles. The van der Waals surface area contributed by atoms with Crippen LogP contribution in [0.15, 0.2) is 66.7 Å². The van der Waals surface area contributed by atoms with Crippen LogP contribution in [0, 0.1) is 0 Å². The van der Waals surface area contributed by atoms with Gasteiger partial charge in [0, 0.05) is 0 Å². The zero-order chi connectivity index (χ0) is 27.0. The van der Waals surface area contributed by atoms with Crippen LogP contribution in [0.3, 0.4) is 0 Å². The summed E-state index contributed by atoms with van der Waals surface area (Å²) in [5.41, 5.74) is 8.13. The van der Waals surface area contributed by atoms with Crippen molar-refractivity contribution >= 4 is 0 Å². The van der Waals surface area contributed by atoms with Crippen LogP contribution in [0.25, 0.3) is 11.1 Å². The van der Waals surface area contributed by atoms with E-state index in [1.807, 2.05) is 0 Å². The van der Waals surface area contributed by atoms with Crippen LogP contribution in [0.2, 0.25) is 0 Å². The molecule has 38 heavy (non-hydrogen) atoms.